The van der Waals surface area contributed by atoms with E-state index in [4.69, 9.17) is 23.2 Å². The molecule has 1 N–H and O–H groups in total. The molecule has 0 amide bonds. The van der Waals surface area contributed by atoms with E-state index in [1.54, 1.807) is 0 Å². The fourth-order valence-electron chi connectivity index (χ4n) is 3.15. The Morgan fingerprint density at radius 3 is 2.50 bits per heavy atom. The van der Waals surface area contributed by atoms with E-state index >= 15 is 0 Å². The van der Waals surface area contributed by atoms with Crippen LogP contribution in [0.25, 0.3) is 0 Å². The molecule has 2 nitrogen and oxygen atoms in total. The smallest absolute Gasteiger partial charge is 0.0595 e. The van der Waals surface area contributed by atoms with Crippen molar-refractivity contribution in [2.24, 2.45) is 0 Å². The van der Waals surface area contributed by atoms with E-state index in [-0.39, 0.29) is 17.3 Å². The Morgan fingerprint density at radius 1 is 1.27 bits per heavy atom. The van der Waals surface area contributed by atoms with E-state index in [9.17, 15) is 5.11 Å². The van der Waals surface area contributed by atoms with Gasteiger partial charge in [-0.2, -0.15) is 11.8 Å². The molecule has 0 spiro atoms. The van der Waals surface area contributed by atoms with Crippen LogP contribution in [0.2, 0.25) is 10.0 Å². The Morgan fingerprint density at radius 2 is 2.00 bits per heavy atom. The van der Waals surface area contributed by atoms with Crippen LogP contribution in [-0.2, 0) is 5.41 Å². The third kappa shape index (κ3) is 4.12. The molecule has 5 heteroatoms. The Kier molecular flexibility index (Phi) is 6.91. The number of hydrogen-bond acceptors (Lipinski definition) is 3. The highest BCUT2D eigenvalue weighted by Gasteiger charge is 2.45. The number of rotatable bonds is 8. The first-order valence-corrected chi connectivity index (χ1v) is 9.63. The van der Waals surface area contributed by atoms with E-state index in [0.29, 0.717) is 10.0 Å². The van der Waals surface area contributed by atoms with E-state index in [1.807, 2.05) is 23.9 Å². The summed E-state index contributed by atoms with van der Waals surface area (Å²) in [6, 6.07) is 5.95. The normalized spacial score (nSPS) is 18.3. The number of hydrogen-bond donors (Lipinski definition) is 1. The molecule has 1 unspecified atom stereocenters. The number of nitrogens with zero attached hydrogens (tertiary/aromatic N) is 1. The van der Waals surface area contributed by atoms with Crippen LogP contribution in [0.1, 0.15) is 31.2 Å². The summed E-state index contributed by atoms with van der Waals surface area (Å²) >= 11 is 14.1. The molecular formula is C17H25Cl2NOS. The lowest BCUT2D eigenvalue weighted by Crippen LogP contribution is -2.46. The van der Waals surface area contributed by atoms with Gasteiger partial charge in [0, 0.05) is 10.7 Å². The minimum Gasteiger partial charge on any atom is -0.395 e. The Bertz CT molecular complexity index is 492. The zero-order valence-electron chi connectivity index (χ0n) is 13.3. The van der Waals surface area contributed by atoms with E-state index in [0.717, 1.165) is 31.6 Å². The van der Waals surface area contributed by atoms with Crippen LogP contribution in [0, 0.1) is 0 Å². The average Bonchev–Trinajstić information content (AvgIpc) is 2.43. The second-order valence-corrected chi connectivity index (χ2v) is 8.46. The summed E-state index contributed by atoms with van der Waals surface area (Å²) in [5.74, 6) is 1.08. The second-order valence-electron chi connectivity index (χ2n) is 6.34. The fourth-order valence-corrected chi connectivity index (χ4v) is 4.83. The maximum atomic E-state index is 9.93. The van der Waals surface area contributed by atoms with Gasteiger partial charge >= 0.3 is 0 Å². The van der Waals surface area contributed by atoms with Crippen molar-refractivity contribution in [2.75, 3.05) is 33.0 Å². The highest BCUT2D eigenvalue weighted by Crippen LogP contribution is 2.51. The molecule has 124 valence electrons. The number of aliphatic hydroxyl groups excluding tert-OH is 1. The number of aliphatic hydroxyl groups is 1. The molecule has 1 atom stereocenters. The van der Waals surface area contributed by atoms with Crippen molar-refractivity contribution in [3.05, 3.63) is 33.8 Å². The molecule has 0 aliphatic heterocycles. The molecule has 0 aromatic heterocycles. The maximum absolute atomic E-state index is 9.93. The second kappa shape index (κ2) is 8.25. The van der Waals surface area contributed by atoms with Gasteiger partial charge in [0.1, 0.15) is 0 Å². The van der Waals surface area contributed by atoms with Gasteiger partial charge in [-0.05, 0) is 63.4 Å². The summed E-state index contributed by atoms with van der Waals surface area (Å²) in [4.78, 5) is 2.20. The Hall–Kier alpha value is 0.0700. The molecule has 0 radical (unpaired) electrons. The van der Waals surface area contributed by atoms with Gasteiger partial charge in [0.25, 0.3) is 0 Å². The monoisotopic (exact) mass is 361 g/mol. The zero-order chi connectivity index (χ0) is 16.2. The topological polar surface area (TPSA) is 23.5 Å². The predicted molar refractivity (Wildman–Crippen MR) is 98.5 cm³/mol. The van der Waals surface area contributed by atoms with Gasteiger partial charge in [-0.15, -0.1) is 0 Å². The number of thioether (sulfide) groups is 1. The highest BCUT2D eigenvalue weighted by atomic mass is 35.5. The van der Waals surface area contributed by atoms with Crippen LogP contribution < -0.4 is 0 Å². The minimum atomic E-state index is 0.0613. The fraction of sp³-hybridized carbons (Fsp3) is 0.647. The lowest BCUT2D eigenvalue weighted by Gasteiger charge is -2.47. The molecule has 0 saturated heterocycles. The zero-order valence-corrected chi connectivity index (χ0v) is 15.6. The van der Waals surface area contributed by atoms with Crippen molar-refractivity contribution in [2.45, 2.75) is 36.3 Å². The van der Waals surface area contributed by atoms with Crippen molar-refractivity contribution in [1.82, 2.24) is 4.90 Å². The summed E-state index contributed by atoms with van der Waals surface area (Å²) in [7, 11) is 4.19. The molecular weight excluding hydrogens is 337 g/mol. The first-order valence-electron chi connectivity index (χ1n) is 7.82. The quantitative estimate of drug-likeness (QED) is 0.691. The van der Waals surface area contributed by atoms with Crippen molar-refractivity contribution in [3.8, 4) is 0 Å². The number of benzene rings is 1. The predicted octanol–water partition coefficient (Wildman–Crippen LogP) is 4.46. The van der Waals surface area contributed by atoms with Gasteiger partial charge in [-0.3, -0.25) is 0 Å². The molecule has 1 aliphatic carbocycles. The van der Waals surface area contributed by atoms with E-state index in [2.05, 4.69) is 25.1 Å². The molecule has 1 aromatic rings. The SMILES string of the molecule is CN(C)CCCSC(CO)C1(c2ccc(Cl)c(Cl)c2)CCC1. The maximum Gasteiger partial charge on any atom is 0.0595 e. The van der Waals surface area contributed by atoms with Gasteiger partial charge in [-0.1, -0.05) is 35.7 Å². The van der Waals surface area contributed by atoms with Crippen molar-refractivity contribution < 1.29 is 5.11 Å². The lowest BCUT2D eigenvalue weighted by atomic mass is 9.62. The average molecular weight is 362 g/mol. The first kappa shape index (κ1) is 18.4. The molecule has 1 fully saturated rings. The summed E-state index contributed by atoms with van der Waals surface area (Å²) in [6.45, 7) is 1.30. The van der Waals surface area contributed by atoms with Crippen LogP contribution in [0.15, 0.2) is 18.2 Å². The molecule has 1 saturated carbocycles. The summed E-state index contributed by atoms with van der Waals surface area (Å²) in [5, 5.41) is 11.4. The van der Waals surface area contributed by atoms with Gasteiger partial charge < -0.3 is 10.0 Å². The summed E-state index contributed by atoms with van der Waals surface area (Å²) in [6.07, 6.45) is 4.61. The van der Waals surface area contributed by atoms with Crippen molar-refractivity contribution >= 4 is 35.0 Å². The first-order chi connectivity index (χ1) is 10.5. The third-order valence-electron chi connectivity index (χ3n) is 4.59. The lowest BCUT2D eigenvalue weighted by molar-refractivity contribution is 0.176. The molecule has 1 aliphatic rings. The van der Waals surface area contributed by atoms with Crippen LogP contribution in [0.4, 0.5) is 0 Å². The van der Waals surface area contributed by atoms with Crippen LogP contribution in [-0.4, -0.2) is 48.3 Å². The van der Waals surface area contributed by atoms with Gasteiger partial charge in [0.15, 0.2) is 0 Å². The molecule has 0 bridgehead atoms. The summed E-state index contributed by atoms with van der Waals surface area (Å²) < 4.78 is 0. The van der Waals surface area contributed by atoms with Crippen molar-refractivity contribution in [3.63, 3.8) is 0 Å². The third-order valence-corrected chi connectivity index (χ3v) is 6.86. The molecule has 2 rings (SSSR count). The largest absolute Gasteiger partial charge is 0.395 e. The van der Waals surface area contributed by atoms with Gasteiger partial charge in [0.2, 0.25) is 0 Å². The van der Waals surface area contributed by atoms with Gasteiger partial charge in [0.05, 0.1) is 16.7 Å². The van der Waals surface area contributed by atoms with Crippen molar-refractivity contribution in [1.29, 1.82) is 0 Å². The van der Waals surface area contributed by atoms with Crippen LogP contribution in [0.5, 0.6) is 0 Å². The summed E-state index contributed by atoms with van der Waals surface area (Å²) in [5.41, 5.74) is 1.29. The van der Waals surface area contributed by atoms with Gasteiger partial charge in [-0.25, -0.2) is 0 Å². The highest BCUT2D eigenvalue weighted by molar-refractivity contribution is 8.00. The van der Waals surface area contributed by atoms with E-state index < -0.39 is 0 Å². The Balaban J connectivity index is 2.07. The molecule has 1 aromatic carbocycles. The molecule has 22 heavy (non-hydrogen) atoms. The Labute approximate surface area is 148 Å². The van der Waals surface area contributed by atoms with E-state index in [1.165, 1.54) is 12.0 Å². The minimum absolute atomic E-state index is 0.0613. The molecule has 0 heterocycles. The van der Waals surface area contributed by atoms with Crippen LogP contribution >= 0.6 is 35.0 Å². The number of halogens is 2. The standard InChI is InChI=1S/C17H25Cl2NOS/c1-20(2)9-4-10-22-16(12-21)17(7-3-8-17)13-5-6-14(18)15(19)11-13/h5-6,11,16,21H,3-4,7-10,12H2,1-2H3. The van der Waals surface area contributed by atoms with Crippen LogP contribution in [0.3, 0.4) is 0 Å².